The van der Waals surface area contributed by atoms with Crippen LogP contribution in [0.4, 0.5) is 0 Å². The summed E-state index contributed by atoms with van der Waals surface area (Å²) in [4.78, 5) is 16.0. The maximum Gasteiger partial charge on any atom is 0.346 e. The molecule has 0 saturated heterocycles. The van der Waals surface area contributed by atoms with Crippen molar-refractivity contribution >= 4 is 11.7 Å². The van der Waals surface area contributed by atoms with Crippen LogP contribution in [0.2, 0.25) is 0 Å². The minimum absolute atomic E-state index is 0.299. The van der Waals surface area contributed by atoms with E-state index in [1.807, 2.05) is 13.8 Å². The molecule has 0 amide bonds. The topological polar surface area (TPSA) is 47.9 Å². The SMILES string of the molecule is C#C/C(C(=O)OCC)=C(\C)CC(C)=NCCCOC. The van der Waals surface area contributed by atoms with Gasteiger partial charge >= 0.3 is 5.97 Å². The fourth-order valence-electron chi connectivity index (χ4n) is 1.57. The van der Waals surface area contributed by atoms with E-state index in [1.165, 1.54) is 0 Å². The van der Waals surface area contributed by atoms with E-state index >= 15 is 0 Å². The molecule has 19 heavy (non-hydrogen) atoms. The molecule has 0 bridgehead atoms. The van der Waals surface area contributed by atoms with E-state index < -0.39 is 5.97 Å². The maximum absolute atomic E-state index is 11.6. The lowest BCUT2D eigenvalue weighted by Gasteiger charge is -2.06. The number of hydrogen-bond donors (Lipinski definition) is 0. The summed E-state index contributed by atoms with van der Waals surface area (Å²) in [5.41, 5.74) is 2.06. The van der Waals surface area contributed by atoms with Crippen molar-refractivity contribution in [3.05, 3.63) is 11.1 Å². The number of terminal acetylenes is 1. The summed E-state index contributed by atoms with van der Waals surface area (Å²) in [5.74, 6) is 1.96. The van der Waals surface area contributed by atoms with E-state index in [-0.39, 0.29) is 0 Å². The molecule has 0 aromatic rings. The quantitative estimate of drug-likeness (QED) is 0.222. The highest BCUT2D eigenvalue weighted by Gasteiger charge is 2.11. The molecule has 0 heterocycles. The fraction of sp³-hybridized carbons (Fsp3) is 0.600. The Morgan fingerprint density at radius 2 is 2.05 bits per heavy atom. The molecule has 0 radical (unpaired) electrons. The van der Waals surface area contributed by atoms with Crippen molar-refractivity contribution in [3.63, 3.8) is 0 Å². The second kappa shape index (κ2) is 10.3. The number of hydrogen-bond acceptors (Lipinski definition) is 4. The van der Waals surface area contributed by atoms with Crippen molar-refractivity contribution in [2.75, 3.05) is 26.9 Å². The molecule has 0 saturated carbocycles. The number of carbonyl (C=O) groups is 1. The second-order valence-electron chi connectivity index (χ2n) is 4.16. The summed E-state index contributed by atoms with van der Waals surface area (Å²) < 4.78 is 9.87. The van der Waals surface area contributed by atoms with Gasteiger partial charge in [0.15, 0.2) is 0 Å². The minimum Gasteiger partial charge on any atom is -0.462 e. The minimum atomic E-state index is -0.435. The third-order valence-electron chi connectivity index (χ3n) is 2.46. The van der Waals surface area contributed by atoms with Crippen LogP contribution in [0.5, 0.6) is 0 Å². The van der Waals surface area contributed by atoms with Crippen molar-refractivity contribution in [2.45, 2.75) is 33.6 Å². The van der Waals surface area contributed by atoms with Crippen molar-refractivity contribution < 1.29 is 14.3 Å². The Hall–Kier alpha value is -1.60. The molecule has 0 aliphatic heterocycles. The molecule has 0 rings (SSSR count). The molecule has 0 unspecified atom stereocenters. The Morgan fingerprint density at radius 3 is 2.58 bits per heavy atom. The zero-order chi connectivity index (χ0) is 14.7. The molecule has 0 aromatic carbocycles. The van der Waals surface area contributed by atoms with Crippen LogP contribution in [-0.2, 0) is 14.3 Å². The second-order valence-corrected chi connectivity index (χ2v) is 4.16. The third-order valence-corrected chi connectivity index (χ3v) is 2.46. The monoisotopic (exact) mass is 265 g/mol. The number of esters is 1. The summed E-state index contributed by atoms with van der Waals surface area (Å²) in [6, 6.07) is 0. The highest BCUT2D eigenvalue weighted by atomic mass is 16.5. The Morgan fingerprint density at radius 1 is 1.37 bits per heavy atom. The van der Waals surface area contributed by atoms with Crippen LogP contribution in [0.3, 0.4) is 0 Å². The Kier molecular flexibility index (Phi) is 9.46. The van der Waals surface area contributed by atoms with Gasteiger partial charge in [0.1, 0.15) is 5.57 Å². The molecule has 0 aromatic heterocycles. The number of carbonyl (C=O) groups excluding carboxylic acids is 1. The van der Waals surface area contributed by atoms with Crippen LogP contribution in [0.15, 0.2) is 16.1 Å². The predicted molar refractivity (Wildman–Crippen MR) is 77.3 cm³/mol. The van der Waals surface area contributed by atoms with E-state index in [4.69, 9.17) is 15.9 Å². The largest absolute Gasteiger partial charge is 0.462 e. The van der Waals surface area contributed by atoms with Crippen LogP contribution in [-0.4, -0.2) is 38.5 Å². The molecule has 0 spiro atoms. The number of rotatable bonds is 8. The van der Waals surface area contributed by atoms with Gasteiger partial charge in [-0.2, -0.15) is 0 Å². The average molecular weight is 265 g/mol. The molecule has 0 fully saturated rings. The highest BCUT2D eigenvalue weighted by Crippen LogP contribution is 2.11. The van der Waals surface area contributed by atoms with Crippen LogP contribution >= 0.6 is 0 Å². The number of methoxy groups -OCH3 is 1. The zero-order valence-corrected chi connectivity index (χ0v) is 12.3. The number of ether oxygens (including phenoxy) is 2. The first kappa shape index (κ1) is 17.4. The van der Waals surface area contributed by atoms with Crippen molar-refractivity contribution in [1.82, 2.24) is 0 Å². The van der Waals surface area contributed by atoms with Gasteiger partial charge in [0.2, 0.25) is 0 Å². The molecule has 0 atom stereocenters. The van der Waals surface area contributed by atoms with Crippen molar-refractivity contribution in [3.8, 4) is 12.3 Å². The Labute approximate surface area is 115 Å². The van der Waals surface area contributed by atoms with Gasteiger partial charge in [0, 0.05) is 32.4 Å². The van der Waals surface area contributed by atoms with Gasteiger partial charge in [0.25, 0.3) is 0 Å². The van der Waals surface area contributed by atoms with Crippen molar-refractivity contribution in [1.29, 1.82) is 0 Å². The first-order valence-corrected chi connectivity index (χ1v) is 6.39. The van der Waals surface area contributed by atoms with Gasteiger partial charge in [-0.05, 0) is 32.8 Å². The van der Waals surface area contributed by atoms with Gasteiger partial charge < -0.3 is 9.47 Å². The number of allylic oxidation sites excluding steroid dienone is 1. The lowest BCUT2D eigenvalue weighted by molar-refractivity contribution is -0.138. The summed E-state index contributed by atoms with van der Waals surface area (Å²) in [6.45, 7) is 7.25. The molecule has 4 heteroatoms. The highest BCUT2D eigenvalue weighted by molar-refractivity contribution is 5.96. The van der Waals surface area contributed by atoms with Crippen LogP contribution in [0, 0.1) is 12.3 Å². The molecular weight excluding hydrogens is 242 g/mol. The van der Waals surface area contributed by atoms with Gasteiger partial charge in [-0.3, -0.25) is 4.99 Å². The zero-order valence-electron chi connectivity index (χ0n) is 12.3. The van der Waals surface area contributed by atoms with Crippen LogP contribution in [0.25, 0.3) is 0 Å². The van der Waals surface area contributed by atoms with Crippen LogP contribution in [0.1, 0.15) is 33.6 Å². The lowest BCUT2D eigenvalue weighted by atomic mass is 10.0. The van der Waals surface area contributed by atoms with Gasteiger partial charge in [-0.15, -0.1) is 6.42 Å². The predicted octanol–water partition coefficient (Wildman–Crippen LogP) is 2.39. The fourth-order valence-corrected chi connectivity index (χ4v) is 1.57. The Balaban J connectivity index is 4.57. The van der Waals surface area contributed by atoms with Gasteiger partial charge in [0.05, 0.1) is 6.61 Å². The molecule has 0 aliphatic rings. The number of nitrogens with zero attached hydrogens (tertiary/aromatic N) is 1. The van der Waals surface area contributed by atoms with Crippen LogP contribution < -0.4 is 0 Å². The van der Waals surface area contributed by atoms with Gasteiger partial charge in [-0.1, -0.05) is 5.92 Å². The normalized spacial score (nSPS) is 12.7. The summed E-state index contributed by atoms with van der Waals surface area (Å²) in [7, 11) is 1.67. The average Bonchev–Trinajstić information content (AvgIpc) is 2.35. The molecule has 106 valence electrons. The summed E-state index contributed by atoms with van der Waals surface area (Å²) in [5, 5.41) is 0. The molecule has 0 N–H and O–H groups in total. The molecular formula is C15H23NO3. The van der Waals surface area contributed by atoms with E-state index in [9.17, 15) is 4.79 Å². The van der Waals surface area contributed by atoms with E-state index in [2.05, 4.69) is 10.9 Å². The first-order chi connectivity index (χ1) is 9.06. The standard InChI is InChI=1S/C15H23NO3/c1-6-14(15(17)19-7-2)12(3)11-13(4)16-9-8-10-18-5/h1H,7-11H2,2-5H3/b14-12-,16-13?. The smallest absolute Gasteiger partial charge is 0.346 e. The first-order valence-electron chi connectivity index (χ1n) is 6.39. The van der Waals surface area contributed by atoms with Crippen molar-refractivity contribution in [2.24, 2.45) is 4.99 Å². The molecule has 4 nitrogen and oxygen atoms in total. The molecule has 0 aliphatic carbocycles. The maximum atomic E-state index is 11.6. The summed E-state index contributed by atoms with van der Waals surface area (Å²) in [6.07, 6.45) is 6.83. The lowest BCUT2D eigenvalue weighted by Crippen LogP contribution is -2.09. The van der Waals surface area contributed by atoms with Gasteiger partial charge in [-0.25, -0.2) is 4.79 Å². The summed E-state index contributed by atoms with van der Waals surface area (Å²) >= 11 is 0. The number of aliphatic imine (C=N–C) groups is 1. The van der Waals surface area contributed by atoms with E-state index in [1.54, 1.807) is 14.0 Å². The Bertz CT molecular complexity index is 389. The van der Waals surface area contributed by atoms with E-state index in [0.29, 0.717) is 25.2 Å². The van der Waals surface area contributed by atoms with E-state index in [0.717, 1.165) is 24.3 Å². The third kappa shape index (κ3) is 7.43.